The third-order valence-electron chi connectivity index (χ3n) is 5.03. The van der Waals surface area contributed by atoms with Gasteiger partial charge < -0.3 is 14.9 Å². The van der Waals surface area contributed by atoms with Crippen molar-refractivity contribution in [2.75, 3.05) is 0 Å². The van der Waals surface area contributed by atoms with E-state index in [1.54, 1.807) is 18.5 Å². The minimum absolute atomic E-state index is 0.0732. The number of hydrogen-bond donors (Lipinski definition) is 2. The van der Waals surface area contributed by atoms with Gasteiger partial charge in [-0.25, -0.2) is 5.01 Å². The molecule has 0 unspecified atom stereocenters. The fraction of sp³-hybridized carbons (Fsp3) is 0.143. The van der Waals surface area contributed by atoms with Crippen LogP contribution in [0.15, 0.2) is 66.0 Å². The number of ether oxygens (including phenoxy) is 1. The van der Waals surface area contributed by atoms with Gasteiger partial charge in [-0.2, -0.15) is 5.10 Å². The van der Waals surface area contributed by atoms with E-state index in [1.165, 1.54) is 18.2 Å². The molecule has 140 valence electrons. The standard InChI is InChI=1S/C21H16ClN3O3/c22-13-1-4-20-16(9-13)18-11-17(15-10-14(26)2-3-19(15)27)24-25(18)21(28-20)12-5-7-23-8-6-12/h1-10,18,21,26-27H,11H2/t18-,21+/m0/s1. The first-order chi connectivity index (χ1) is 13.6. The van der Waals surface area contributed by atoms with Gasteiger partial charge in [0.15, 0.2) is 0 Å². The van der Waals surface area contributed by atoms with Crippen LogP contribution in [0, 0.1) is 0 Å². The number of rotatable bonds is 2. The number of benzene rings is 2. The van der Waals surface area contributed by atoms with Crippen molar-refractivity contribution in [2.45, 2.75) is 18.7 Å². The number of phenolic OH excluding ortho intramolecular Hbond substituents is 2. The number of phenols is 2. The number of halogens is 1. The lowest BCUT2D eigenvalue weighted by molar-refractivity contribution is -0.0190. The number of hydrazone groups is 1. The van der Waals surface area contributed by atoms with Crippen molar-refractivity contribution in [3.8, 4) is 17.2 Å². The second-order valence-corrected chi connectivity index (χ2v) is 7.22. The first kappa shape index (κ1) is 16.9. The van der Waals surface area contributed by atoms with Gasteiger partial charge in [0.25, 0.3) is 0 Å². The third kappa shape index (κ3) is 2.73. The molecule has 0 bridgehead atoms. The highest BCUT2D eigenvalue weighted by molar-refractivity contribution is 6.30. The molecule has 28 heavy (non-hydrogen) atoms. The minimum atomic E-state index is -0.432. The van der Waals surface area contributed by atoms with Crippen LogP contribution in [0.25, 0.3) is 0 Å². The highest BCUT2D eigenvalue weighted by atomic mass is 35.5. The fourth-order valence-corrected chi connectivity index (χ4v) is 3.90. The molecule has 2 aromatic carbocycles. The van der Waals surface area contributed by atoms with Gasteiger partial charge in [-0.1, -0.05) is 11.6 Å². The smallest absolute Gasteiger partial charge is 0.213 e. The van der Waals surface area contributed by atoms with Crippen molar-refractivity contribution in [1.29, 1.82) is 0 Å². The topological polar surface area (TPSA) is 78.2 Å². The number of aromatic hydroxyl groups is 2. The van der Waals surface area contributed by atoms with E-state index in [1.807, 2.05) is 29.3 Å². The predicted octanol–water partition coefficient (Wildman–Crippen LogP) is 4.39. The summed E-state index contributed by atoms with van der Waals surface area (Å²) in [5.41, 5.74) is 3.04. The zero-order valence-corrected chi connectivity index (χ0v) is 15.4. The molecule has 2 atom stereocenters. The summed E-state index contributed by atoms with van der Waals surface area (Å²) in [6.07, 6.45) is 3.55. The first-order valence-electron chi connectivity index (χ1n) is 8.84. The van der Waals surface area contributed by atoms with Crippen LogP contribution in [0.2, 0.25) is 5.02 Å². The van der Waals surface area contributed by atoms with Crippen LogP contribution in [0.5, 0.6) is 17.2 Å². The molecule has 5 rings (SSSR count). The summed E-state index contributed by atoms with van der Waals surface area (Å²) in [6.45, 7) is 0. The molecule has 3 heterocycles. The highest BCUT2D eigenvalue weighted by Gasteiger charge is 2.41. The van der Waals surface area contributed by atoms with Crippen molar-refractivity contribution < 1.29 is 14.9 Å². The molecule has 0 spiro atoms. The Morgan fingerprint density at radius 3 is 2.68 bits per heavy atom. The Hall–Kier alpha value is -3.25. The fourth-order valence-electron chi connectivity index (χ4n) is 3.72. The first-order valence-corrected chi connectivity index (χ1v) is 9.22. The minimum Gasteiger partial charge on any atom is -0.508 e. The molecule has 2 N–H and O–H groups in total. The molecular weight excluding hydrogens is 378 g/mol. The lowest BCUT2D eigenvalue weighted by atomic mass is 9.95. The average molecular weight is 394 g/mol. The second kappa shape index (κ2) is 6.42. The van der Waals surface area contributed by atoms with E-state index in [2.05, 4.69) is 4.98 Å². The van der Waals surface area contributed by atoms with Crippen molar-refractivity contribution in [3.63, 3.8) is 0 Å². The van der Waals surface area contributed by atoms with Gasteiger partial charge in [-0.15, -0.1) is 0 Å². The van der Waals surface area contributed by atoms with Gasteiger partial charge in [0.1, 0.15) is 17.2 Å². The van der Waals surface area contributed by atoms with Gasteiger partial charge in [0.2, 0.25) is 6.23 Å². The van der Waals surface area contributed by atoms with Gasteiger partial charge in [-0.05, 0) is 48.5 Å². The zero-order chi connectivity index (χ0) is 19.3. The summed E-state index contributed by atoms with van der Waals surface area (Å²) >= 11 is 6.23. The maximum Gasteiger partial charge on any atom is 0.213 e. The molecule has 0 saturated carbocycles. The number of nitrogens with zero attached hydrogens (tertiary/aromatic N) is 3. The summed E-state index contributed by atoms with van der Waals surface area (Å²) < 4.78 is 6.25. The van der Waals surface area contributed by atoms with Crippen LogP contribution >= 0.6 is 11.6 Å². The van der Waals surface area contributed by atoms with E-state index < -0.39 is 6.23 Å². The van der Waals surface area contributed by atoms with Crippen LogP contribution in [-0.4, -0.2) is 25.9 Å². The summed E-state index contributed by atoms with van der Waals surface area (Å²) in [6, 6.07) is 13.7. The van der Waals surface area contributed by atoms with Crippen LogP contribution < -0.4 is 4.74 Å². The second-order valence-electron chi connectivity index (χ2n) is 6.78. The van der Waals surface area contributed by atoms with Crippen LogP contribution in [0.1, 0.15) is 35.4 Å². The molecule has 7 heteroatoms. The van der Waals surface area contributed by atoms with E-state index >= 15 is 0 Å². The summed E-state index contributed by atoms with van der Waals surface area (Å²) in [5, 5.41) is 27.4. The Morgan fingerprint density at radius 2 is 1.86 bits per heavy atom. The summed E-state index contributed by atoms with van der Waals surface area (Å²) in [5.74, 6) is 0.902. The molecule has 0 saturated heterocycles. The van der Waals surface area contributed by atoms with E-state index in [0.717, 1.165) is 16.9 Å². The molecule has 2 aliphatic heterocycles. The Bertz CT molecular complexity index is 1090. The number of aromatic nitrogens is 1. The monoisotopic (exact) mass is 393 g/mol. The largest absolute Gasteiger partial charge is 0.508 e. The van der Waals surface area contributed by atoms with Gasteiger partial charge >= 0.3 is 0 Å². The Balaban J connectivity index is 1.63. The predicted molar refractivity (Wildman–Crippen MR) is 105 cm³/mol. The lowest BCUT2D eigenvalue weighted by Crippen LogP contribution is -2.33. The van der Waals surface area contributed by atoms with Crippen molar-refractivity contribution in [3.05, 3.63) is 82.6 Å². The van der Waals surface area contributed by atoms with Crippen LogP contribution in [-0.2, 0) is 0 Å². The average Bonchev–Trinajstić information content (AvgIpc) is 3.15. The SMILES string of the molecule is Oc1ccc(O)c(C2=NN3[C@@H](c4ccncc4)Oc4ccc(Cl)cc4[C@@H]3C2)c1. The van der Waals surface area contributed by atoms with E-state index in [4.69, 9.17) is 21.4 Å². The Labute approximate surface area is 166 Å². The van der Waals surface area contributed by atoms with Crippen LogP contribution in [0.4, 0.5) is 0 Å². The van der Waals surface area contributed by atoms with Gasteiger partial charge in [0, 0.05) is 40.5 Å². The quantitative estimate of drug-likeness (QED) is 0.631. The molecule has 0 radical (unpaired) electrons. The molecule has 2 aliphatic rings. The molecule has 6 nitrogen and oxygen atoms in total. The van der Waals surface area contributed by atoms with Gasteiger partial charge in [-0.3, -0.25) is 4.98 Å². The summed E-state index contributed by atoms with van der Waals surface area (Å²) in [7, 11) is 0. The van der Waals surface area contributed by atoms with Crippen molar-refractivity contribution in [1.82, 2.24) is 9.99 Å². The molecule has 0 fully saturated rings. The molecule has 0 aliphatic carbocycles. The van der Waals surface area contributed by atoms with Crippen molar-refractivity contribution in [2.24, 2.45) is 5.10 Å². The number of fused-ring (bicyclic) bond motifs is 3. The Kier molecular flexibility index (Phi) is 3.87. The van der Waals surface area contributed by atoms with E-state index in [-0.39, 0.29) is 17.5 Å². The zero-order valence-electron chi connectivity index (χ0n) is 14.7. The maximum absolute atomic E-state index is 10.3. The number of pyridine rings is 1. The third-order valence-corrected chi connectivity index (χ3v) is 5.27. The number of hydrogen-bond acceptors (Lipinski definition) is 6. The maximum atomic E-state index is 10.3. The molecule has 0 amide bonds. The highest BCUT2D eigenvalue weighted by Crippen LogP contribution is 2.48. The van der Waals surface area contributed by atoms with Crippen LogP contribution in [0.3, 0.4) is 0 Å². The summed E-state index contributed by atoms with van der Waals surface area (Å²) in [4.78, 5) is 4.08. The normalized spacial score (nSPS) is 20.2. The molecule has 1 aromatic heterocycles. The van der Waals surface area contributed by atoms with Gasteiger partial charge in [0.05, 0.1) is 11.8 Å². The van der Waals surface area contributed by atoms with Crippen molar-refractivity contribution >= 4 is 17.3 Å². The molecular formula is C21H16ClN3O3. The Morgan fingerprint density at radius 1 is 1.04 bits per heavy atom. The van der Waals surface area contributed by atoms with E-state index in [9.17, 15) is 10.2 Å². The lowest BCUT2D eigenvalue weighted by Gasteiger charge is -2.38. The van der Waals surface area contributed by atoms with E-state index in [0.29, 0.717) is 22.7 Å². The molecule has 3 aromatic rings.